The second-order valence-electron chi connectivity index (χ2n) is 5.84. The fraction of sp³-hybridized carbons (Fsp3) is 0.500. The molecule has 0 bridgehead atoms. The second-order valence-corrected chi connectivity index (χ2v) is 5.84. The Morgan fingerprint density at radius 3 is 2.44 bits per heavy atom. The first-order chi connectivity index (χ1) is 12.5. The highest BCUT2D eigenvalue weighted by Crippen LogP contribution is 2.35. The zero-order valence-corrected chi connectivity index (χ0v) is 14.9. The number of alkyl halides is 3. The van der Waals surface area contributed by atoms with Gasteiger partial charge in [-0.15, -0.1) is 0 Å². The van der Waals surface area contributed by atoms with Crippen LogP contribution < -0.4 is 10.6 Å². The quantitative estimate of drug-likeness (QED) is 0.401. The van der Waals surface area contributed by atoms with E-state index in [1.807, 2.05) is 6.92 Å². The molecular formula is C16H20F3N3O5. The van der Waals surface area contributed by atoms with Crippen molar-refractivity contribution in [3.05, 3.63) is 33.9 Å². The molecule has 0 unspecified atom stereocenters. The number of halogens is 3. The minimum atomic E-state index is -4.74. The van der Waals surface area contributed by atoms with Crippen molar-refractivity contribution in [3.63, 3.8) is 0 Å². The number of rotatable bonds is 8. The van der Waals surface area contributed by atoms with Gasteiger partial charge in [-0.2, -0.15) is 13.2 Å². The van der Waals surface area contributed by atoms with Gasteiger partial charge in [0.05, 0.1) is 10.5 Å². The molecule has 11 heteroatoms. The minimum absolute atomic E-state index is 0.0958. The predicted octanol–water partition coefficient (Wildman–Crippen LogP) is 2.87. The Labute approximate surface area is 153 Å². The molecule has 0 heterocycles. The zero-order valence-electron chi connectivity index (χ0n) is 14.9. The van der Waals surface area contributed by atoms with Gasteiger partial charge in [-0.25, -0.2) is 4.79 Å². The molecule has 1 aromatic rings. The number of nitro benzene ring substituents is 1. The molecule has 2 atom stereocenters. The lowest BCUT2D eigenvalue weighted by Gasteiger charge is -2.16. The maximum Gasteiger partial charge on any atom is 0.416 e. The highest BCUT2D eigenvalue weighted by molar-refractivity contribution is 5.84. The molecule has 0 radical (unpaired) electrons. The lowest BCUT2D eigenvalue weighted by molar-refractivity contribution is -0.384. The second kappa shape index (κ2) is 9.19. The van der Waals surface area contributed by atoms with Crippen molar-refractivity contribution in [2.45, 2.75) is 45.5 Å². The molecule has 0 saturated heterocycles. The monoisotopic (exact) mass is 391 g/mol. The van der Waals surface area contributed by atoms with Crippen LogP contribution in [-0.4, -0.2) is 35.5 Å². The molecule has 0 aliphatic heterocycles. The Bertz CT molecular complexity index is 709. The number of carbonyl (C=O) groups excluding carboxylic acids is 2. The Hall–Kier alpha value is -2.85. The largest absolute Gasteiger partial charge is 0.454 e. The summed E-state index contributed by atoms with van der Waals surface area (Å²) < 4.78 is 42.9. The number of hydrogen-bond acceptors (Lipinski definition) is 6. The molecule has 2 N–H and O–H groups in total. The van der Waals surface area contributed by atoms with E-state index in [9.17, 15) is 32.9 Å². The summed E-state index contributed by atoms with van der Waals surface area (Å²) in [5.74, 6) is -1.39. The van der Waals surface area contributed by atoms with Crippen molar-refractivity contribution in [2.24, 2.45) is 0 Å². The average molecular weight is 391 g/mol. The molecule has 0 aromatic heterocycles. The van der Waals surface area contributed by atoms with Crippen molar-refractivity contribution < 1.29 is 32.4 Å². The summed E-state index contributed by atoms with van der Waals surface area (Å²) in [6, 6.07) is 0.672. The molecule has 0 aliphatic carbocycles. The van der Waals surface area contributed by atoms with Gasteiger partial charge in [-0.05, 0) is 32.4 Å². The van der Waals surface area contributed by atoms with Crippen LogP contribution in [0.2, 0.25) is 0 Å². The highest BCUT2D eigenvalue weighted by atomic mass is 19.4. The Balaban J connectivity index is 2.78. The van der Waals surface area contributed by atoms with Gasteiger partial charge in [0.15, 0.2) is 6.61 Å². The number of hydrogen-bond donors (Lipinski definition) is 2. The van der Waals surface area contributed by atoms with Gasteiger partial charge in [-0.1, -0.05) is 6.92 Å². The SMILES string of the molecule is CC[C@H](C)NC(=O)COC(=O)[C@H](C)Nc1ccc(C(F)(F)F)cc1[N+](=O)[O-]. The number of esters is 1. The van der Waals surface area contributed by atoms with E-state index in [1.54, 1.807) is 6.92 Å². The zero-order chi connectivity index (χ0) is 20.8. The van der Waals surface area contributed by atoms with E-state index in [1.165, 1.54) is 6.92 Å². The number of nitrogens with zero attached hydrogens (tertiary/aromatic N) is 1. The van der Waals surface area contributed by atoms with E-state index in [0.29, 0.717) is 18.6 Å². The van der Waals surface area contributed by atoms with Gasteiger partial charge < -0.3 is 15.4 Å². The summed E-state index contributed by atoms with van der Waals surface area (Å²) in [5, 5.41) is 16.0. The van der Waals surface area contributed by atoms with E-state index in [0.717, 1.165) is 6.07 Å². The molecule has 0 fully saturated rings. The van der Waals surface area contributed by atoms with Crippen LogP contribution in [0.25, 0.3) is 0 Å². The molecule has 0 aliphatic rings. The smallest absolute Gasteiger partial charge is 0.416 e. The minimum Gasteiger partial charge on any atom is -0.454 e. The van der Waals surface area contributed by atoms with Crippen LogP contribution in [0.5, 0.6) is 0 Å². The molecular weight excluding hydrogens is 371 g/mol. The van der Waals surface area contributed by atoms with Gasteiger partial charge in [0.2, 0.25) is 0 Å². The molecule has 8 nitrogen and oxygen atoms in total. The Morgan fingerprint density at radius 1 is 1.30 bits per heavy atom. The number of carbonyl (C=O) groups is 2. The fourth-order valence-corrected chi connectivity index (χ4v) is 1.95. The van der Waals surface area contributed by atoms with E-state index in [-0.39, 0.29) is 11.7 Å². The van der Waals surface area contributed by atoms with E-state index >= 15 is 0 Å². The third-order valence-electron chi connectivity index (χ3n) is 3.61. The van der Waals surface area contributed by atoms with Crippen LogP contribution >= 0.6 is 0 Å². The van der Waals surface area contributed by atoms with Crippen LogP contribution in [-0.2, 0) is 20.5 Å². The maximum atomic E-state index is 12.7. The van der Waals surface area contributed by atoms with Crippen LogP contribution in [0.15, 0.2) is 18.2 Å². The van der Waals surface area contributed by atoms with Gasteiger partial charge >= 0.3 is 12.1 Å². The fourth-order valence-electron chi connectivity index (χ4n) is 1.95. The van der Waals surface area contributed by atoms with Gasteiger partial charge in [-0.3, -0.25) is 14.9 Å². The predicted molar refractivity (Wildman–Crippen MR) is 90.0 cm³/mol. The van der Waals surface area contributed by atoms with Crippen molar-refractivity contribution >= 4 is 23.3 Å². The Morgan fingerprint density at radius 2 is 1.93 bits per heavy atom. The van der Waals surface area contributed by atoms with Crippen LogP contribution in [0.4, 0.5) is 24.5 Å². The van der Waals surface area contributed by atoms with E-state index in [2.05, 4.69) is 10.6 Å². The van der Waals surface area contributed by atoms with E-state index < -0.39 is 46.9 Å². The topological polar surface area (TPSA) is 111 Å². The first kappa shape index (κ1) is 22.2. The lowest BCUT2D eigenvalue weighted by atomic mass is 10.1. The van der Waals surface area contributed by atoms with Crippen molar-refractivity contribution in [1.82, 2.24) is 5.32 Å². The van der Waals surface area contributed by atoms with Crippen LogP contribution in [0.3, 0.4) is 0 Å². The average Bonchev–Trinajstić information content (AvgIpc) is 2.58. The van der Waals surface area contributed by atoms with Gasteiger partial charge in [0, 0.05) is 12.1 Å². The third-order valence-corrected chi connectivity index (χ3v) is 3.61. The molecule has 0 saturated carbocycles. The van der Waals surface area contributed by atoms with Crippen LogP contribution in [0.1, 0.15) is 32.8 Å². The van der Waals surface area contributed by atoms with Crippen LogP contribution in [0, 0.1) is 10.1 Å². The van der Waals surface area contributed by atoms with Gasteiger partial charge in [0.25, 0.3) is 11.6 Å². The maximum absolute atomic E-state index is 12.7. The molecule has 27 heavy (non-hydrogen) atoms. The highest BCUT2D eigenvalue weighted by Gasteiger charge is 2.33. The number of anilines is 1. The number of benzene rings is 1. The first-order valence-corrected chi connectivity index (χ1v) is 8.03. The molecule has 0 spiro atoms. The summed E-state index contributed by atoms with van der Waals surface area (Å²) >= 11 is 0. The summed E-state index contributed by atoms with van der Waals surface area (Å²) in [6.45, 7) is 4.40. The Kier molecular flexibility index (Phi) is 7.56. The summed E-state index contributed by atoms with van der Waals surface area (Å²) in [7, 11) is 0. The van der Waals surface area contributed by atoms with Gasteiger partial charge in [0.1, 0.15) is 11.7 Å². The summed E-state index contributed by atoms with van der Waals surface area (Å²) in [4.78, 5) is 33.5. The molecule has 1 aromatic carbocycles. The number of ether oxygens (including phenoxy) is 1. The summed E-state index contributed by atoms with van der Waals surface area (Å²) in [5.41, 5.74) is -2.29. The molecule has 150 valence electrons. The van der Waals surface area contributed by atoms with E-state index in [4.69, 9.17) is 4.74 Å². The first-order valence-electron chi connectivity index (χ1n) is 8.03. The molecule has 1 rings (SSSR count). The van der Waals surface area contributed by atoms with Crippen molar-refractivity contribution in [3.8, 4) is 0 Å². The summed E-state index contributed by atoms with van der Waals surface area (Å²) in [6.07, 6.45) is -4.05. The molecule has 1 amide bonds. The lowest BCUT2D eigenvalue weighted by Crippen LogP contribution is -2.37. The number of nitro groups is 1. The number of nitrogens with one attached hydrogen (secondary N) is 2. The van der Waals surface area contributed by atoms with Crippen molar-refractivity contribution in [2.75, 3.05) is 11.9 Å². The van der Waals surface area contributed by atoms with Crippen molar-refractivity contribution in [1.29, 1.82) is 0 Å². The number of amides is 1. The standard InChI is InChI=1S/C16H20F3N3O5/c1-4-9(2)20-14(23)8-27-15(24)10(3)21-12-6-5-11(16(17,18)19)7-13(12)22(25)26/h5-7,9-10,21H,4,8H2,1-3H3,(H,20,23)/t9-,10-/m0/s1. The normalized spacial score (nSPS) is 13.4. The third kappa shape index (κ3) is 6.76.